The van der Waals surface area contributed by atoms with Gasteiger partial charge in [0.2, 0.25) is 0 Å². The maximum Gasteiger partial charge on any atom is 0.253 e. The van der Waals surface area contributed by atoms with Gasteiger partial charge in [0.1, 0.15) is 0 Å². The molecule has 2 aliphatic carbocycles. The van der Waals surface area contributed by atoms with Crippen molar-refractivity contribution in [2.75, 3.05) is 0 Å². The van der Waals surface area contributed by atoms with E-state index in [1.165, 1.54) is 12.8 Å². The van der Waals surface area contributed by atoms with E-state index in [0.717, 1.165) is 29.4 Å². The molecule has 2 aromatic rings. The van der Waals surface area contributed by atoms with Gasteiger partial charge in [0, 0.05) is 35.4 Å². The normalized spacial score (nSPS) is 23.8. The minimum absolute atomic E-state index is 0.102. The molecular formula is C19H23N3O2. The number of nitrogens with one attached hydrogen (secondary N) is 1. The molecule has 1 amide bonds. The smallest absolute Gasteiger partial charge is 0.253 e. The molecule has 2 aliphatic rings. The predicted octanol–water partition coefficient (Wildman–Crippen LogP) is 2.79. The Balaban J connectivity index is 1.44. The van der Waals surface area contributed by atoms with Gasteiger partial charge in [-0.05, 0) is 57.6 Å². The Kier molecular flexibility index (Phi) is 3.57. The number of carbonyl (C=O) groups excluding carboxylic acids is 1. The van der Waals surface area contributed by atoms with Crippen molar-refractivity contribution in [3.8, 4) is 0 Å². The van der Waals surface area contributed by atoms with Gasteiger partial charge < -0.3 is 10.4 Å². The zero-order valence-electron chi connectivity index (χ0n) is 14.1. The van der Waals surface area contributed by atoms with Crippen molar-refractivity contribution in [3.63, 3.8) is 0 Å². The third-order valence-corrected chi connectivity index (χ3v) is 5.32. The number of hydrogen-bond donors (Lipinski definition) is 2. The van der Waals surface area contributed by atoms with Crippen LogP contribution in [-0.2, 0) is 0 Å². The zero-order chi connectivity index (χ0) is 16.9. The molecule has 2 saturated carbocycles. The number of carbonyl (C=O) groups is 1. The molecule has 0 atom stereocenters. The predicted molar refractivity (Wildman–Crippen MR) is 91.8 cm³/mol. The molecule has 2 heterocycles. The molecule has 0 spiro atoms. The summed E-state index contributed by atoms with van der Waals surface area (Å²) < 4.78 is 0. The topological polar surface area (TPSA) is 75.1 Å². The summed E-state index contributed by atoms with van der Waals surface area (Å²) in [6.45, 7) is 3.65. The summed E-state index contributed by atoms with van der Waals surface area (Å²) in [7, 11) is 0. The number of nitrogens with zero attached hydrogens (tertiary/aromatic N) is 2. The average molecular weight is 325 g/mol. The lowest BCUT2D eigenvalue weighted by Crippen LogP contribution is -2.50. The van der Waals surface area contributed by atoms with Crippen LogP contribution in [0.4, 0.5) is 0 Å². The van der Waals surface area contributed by atoms with E-state index < -0.39 is 5.60 Å². The van der Waals surface area contributed by atoms with Gasteiger partial charge in [-0.2, -0.15) is 0 Å². The van der Waals surface area contributed by atoms with Gasteiger partial charge >= 0.3 is 0 Å². The van der Waals surface area contributed by atoms with E-state index >= 15 is 0 Å². The maximum absolute atomic E-state index is 12.4. The number of rotatable bonds is 4. The number of aliphatic hydroxyl groups is 1. The van der Waals surface area contributed by atoms with Gasteiger partial charge in [0.05, 0.1) is 16.7 Å². The fourth-order valence-corrected chi connectivity index (χ4v) is 3.35. The van der Waals surface area contributed by atoms with Crippen molar-refractivity contribution in [2.24, 2.45) is 5.92 Å². The Morgan fingerprint density at radius 3 is 2.62 bits per heavy atom. The first-order chi connectivity index (χ1) is 11.4. The van der Waals surface area contributed by atoms with Crippen LogP contribution in [0.2, 0.25) is 0 Å². The lowest BCUT2D eigenvalue weighted by molar-refractivity contribution is -0.0309. The van der Waals surface area contributed by atoms with Crippen LogP contribution in [0, 0.1) is 5.92 Å². The summed E-state index contributed by atoms with van der Waals surface area (Å²) in [6.07, 6.45) is 7.53. The standard InChI is InChI=1S/C19H23N3O2/c1-19(2,24)14-6-15(7-14)22-18(23)13-5-12-9-20-16(11-3-4-11)8-17(12)21-10-13/h5,8-11,14-15,24H,3-4,6-7H2,1-2H3,(H,22,23)/t14-,15-. The van der Waals surface area contributed by atoms with Gasteiger partial charge in [-0.15, -0.1) is 0 Å². The lowest BCUT2D eigenvalue weighted by Gasteiger charge is -2.42. The van der Waals surface area contributed by atoms with Crippen molar-refractivity contribution in [1.82, 2.24) is 15.3 Å². The van der Waals surface area contributed by atoms with E-state index in [1.54, 1.807) is 6.20 Å². The number of hydrogen-bond acceptors (Lipinski definition) is 4. The molecular weight excluding hydrogens is 302 g/mol. The van der Waals surface area contributed by atoms with Crippen molar-refractivity contribution in [2.45, 2.75) is 57.1 Å². The number of aromatic nitrogens is 2. The Labute approximate surface area is 141 Å². The Hall–Kier alpha value is -2.01. The zero-order valence-corrected chi connectivity index (χ0v) is 14.1. The van der Waals surface area contributed by atoms with E-state index in [9.17, 15) is 9.90 Å². The molecule has 126 valence electrons. The van der Waals surface area contributed by atoms with Crippen molar-refractivity contribution >= 4 is 16.8 Å². The SMILES string of the molecule is CC(C)(O)[C@H]1C[C@H](NC(=O)c2cnc3cc(C4CC4)ncc3c2)C1. The van der Waals surface area contributed by atoms with Gasteiger partial charge in [0.25, 0.3) is 5.91 Å². The summed E-state index contributed by atoms with van der Waals surface area (Å²) >= 11 is 0. The molecule has 0 saturated heterocycles. The van der Waals surface area contributed by atoms with Gasteiger partial charge in [-0.3, -0.25) is 14.8 Å². The third-order valence-electron chi connectivity index (χ3n) is 5.32. The maximum atomic E-state index is 12.4. The van der Waals surface area contributed by atoms with E-state index in [0.29, 0.717) is 11.5 Å². The molecule has 2 fully saturated rings. The number of amides is 1. The fraction of sp³-hybridized carbons (Fsp3) is 0.526. The largest absolute Gasteiger partial charge is 0.390 e. The van der Waals surface area contributed by atoms with Gasteiger partial charge in [-0.1, -0.05) is 0 Å². The first kappa shape index (κ1) is 15.5. The third kappa shape index (κ3) is 3.00. The van der Waals surface area contributed by atoms with Crippen molar-refractivity contribution in [1.29, 1.82) is 0 Å². The highest BCUT2D eigenvalue weighted by Crippen LogP contribution is 2.39. The van der Waals surface area contributed by atoms with E-state index in [1.807, 2.05) is 32.2 Å². The highest BCUT2D eigenvalue weighted by Gasteiger charge is 2.39. The van der Waals surface area contributed by atoms with Crippen LogP contribution in [0.15, 0.2) is 24.5 Å². The Bertz CT molecular complexity index is 787. The second-order valence-corrected chi connectivity index (χ2v) is 7.79. The van der Waals surface area contributed by atoms with E-state index in [2.05, 4.69) is 15.3 Å². The molecule has 0 bridgehead atoms. The minimum atomic E-state index is -0.670. The summed E-state index contributed by atoms with van der Waals surface area (Å²) in [5.74, 6) is 0.749. The quantitative estimate of drug-likeness (QED) is 0.906. The van der Waals surface area contributed by atoms with Crippen LogP contribution < -0.4 is 5.32 Å². The molecule has 24 heavy (non-hydrogen) atoms. The summed E-state index contributed by atoms with van der Waals surface area (Å²) in [5.41, 5.74) is 1.90. The fourth-order valence-electron chi connectivity index (χ4n) is 3.35. The molecule has 0 aromatic carbocycles. The van der Waals surface area contributed by atoms with Crippen molar-refractivity contribution in [3.05, 3.63) is 35.8 Å². The monoisotopic (exact) mass is 325 g/mol. The second-order valence-electron chi connectivity index (χ2n) is 7.79. The van der Waals surface area contributed by atoms with Crippen molar-refractivity contribution < 1.29 is 9.90 Å². The summed E-state index contributed by atoms with van der Waals surface area (Å²) in [4.78, 5) is 21.3. The summed E-state index contributed by atoms with van der Waals surface area (Å²) in [5, 5.41) is 13.9. The minimum Gasteiger partial charge on any atom is -0.390 e. The molecule has 0 aliphatic heterocycles. The highest BCUT2D eigenvalue weighted by molar-refractivity contribution is 5.97. The number of pyridine rings is 2. The summed E-state index contributed by atoms with van der Waals surface area (Å²) in [6, 6.07) is 4.03. The van der Waals surface area contributed by atoms with Crippen LogP contribution in [0.25, 0.3) is 10.9 Å². The molecule has 5 heteroatoms. The first-order valence-corrected chi connectivity index (χ1v) is 8.69. The van der Waals surface area contributed by atoms with E-state index in [-0.39, 0.29) is 17.9 Å². The van der Waals surface area contributed by atoms with Crippen LogP contribution in [0.3, 0.4) is 0 Å². The molecule has 0 radical (unpaired) electrons. The molecule has 0 unspecified atom stereocenters. The number of fused-ring (bicyclic) bond motifs is 1. The van der Waals surface area contributed by atoms with E-state index in [4.69, 9.17) is 0 Å². The molecule has 5 nitrogen and oxygen atoms in total. The van der Waals surface area contributed by atoms with Gasteiger partial charge in [-0.25, -0.2) is 0 Å². The molecule has 2 aromatic heterocycles. The van der Waals surface area contributed by atoms with Crippen LogP contribution in [0.1, 0.15) is 61.5 Å². The average Bonchev–Trinajstić information content (AvgIpc) is 3.32. The lowest BCUT2D eigenvalue weighted by atomic mass is 9.71. The highest BCUT2D eigenvalue weighted by atomic mass is 16.3. The van der Waals surface area contributed by atoms with Crippen LogP contribution in [-0.4, -0.2) is 32.6 Å². The Morgan fingerprint density at radius 1 is 1.21 bits per heavy atom. The van der Waals surface area contributed by atoms with Crippen LogP contribution >= 0.6 is 0 Å². The Morgan fingerprint density at radius 2 is 1.96 bits per heavy atom. The van der Waals surface area contributed by atoms with Crippen LogP contribution in [0.5, 0.6) is 0 Å². The molecule has 4 rings (SSSR count). The second kappa shape index (κ2) is 5.52. The molecule has 2 N–H and O–H groups in total. The first-order valence-electron chi connectivity index (χ1n) is 8.69. The van der Waals surface area contributed by atoms with Gasteiger partial charge in [0.15, 0.2) is 0 Å².